The Bertz CT molecular complexity index is 322. The summed E-state index contributed by atoms with van der Waals surface area (Å²) in [5, 5.41) is 3.21. The van der Waals surface area contributed by atoms with E-state index in [0.717, 1.165) is 5.69 Å². The van der Waals surface area contributed by atoms with E-state index in [-0.39, 0.29) is 5.69 Å². The van der Waals surface area contributed by atoms with Crippen LogP contribution in [-0.4, -0.2) is 29.1 Å². The van der Waals surface area contributed by atoms with Crippen LogP contribution in [0.5, 0.6) is 0 Å². The molecule has 1 heterocycles. The molecule has 1 N–H and O–H groups in total. The van der Waals surface area contributed by atoms with Crippen molar-refractivity contribution in [2.24, 2.45) is 0 Å². The molecule has 1 rings (SSSR count). The molecule has 0 aliphatic heterocycles. The highest BCUT2D eigenvalue weighted by Gasteiger charge is 2.07. The van der Waals surface area contributed by atoms with Crippen molar-refractivity contribution in [1.82, 2.24) is 15.3 Å². The number of carbonyl (C=O) groups is 1. The van der Waals surface area contributed by atoms with Gasteiger partial charge in [-0.25, -0.2) is 9.78 Å². The number of hydrogen-bond acceptors (Lipinski definition) is 5. The van der Waals surface area contributed by atoms with Crippen LogP contribution in [0.4, 0.5) is 0 Å². The Kier molecular flexibility index (Phi) is 4.17. The summed E-state index contributed by atoms with van der Waals surface area (Å²) in [7, 11) is 1.32. The van der Waals surface area contributed by atoms with E-state index in [2.05, 4.69) is 33.9 Å². The summed E-state index contributed by atoms with van der Waals surface area (Å²) in [6, 6.07) is 0.395. The van der Waals surface area contributed by atoms with Gasteiger partial charge in [0.15, 0.2) is 5.69 Å². The monoisotopic (exact) mass is 209 g/mol. The first-order chi connectivity index (χ1) is 7.13. The molecule has 0 atom stereocenters. The minimum absolute atomic E-state index is 0.228. The van der Waals surface area contributed by atoms with E-state index in [4.69, 9.17) is 0 Å². The van der Waals surface area contributed by atoms with Gasteiger partial charge in [-0.15, -0.1) is 0 Å². The van der Waals surface area contributed by atoms with Crippen molar-refractivity contribution in [3.8, 4) is 0 Å². The minimum Gasteiger partial charge on any atom is -0.464 e. The van der Waals surface area contributed by atoms with Crippen molar-refractivity contribution in [2.45, 2.75) is 26.4 Å². The van der Waals surface area contributed by atoms with Crippen LogP contribution in [0.25, 0.3) is 0 Å². The molecule has 0 spiro atoms. The van der Waals surface area contributed by atoms with Crippen LogP contribution in [0.1, 0.15) is 30.0 Å². The van der Waals surface area contributed by atoms with E-state index < -0.39 is 5.97 Å². The smallest absolute Gasteiger partial charge is 0.358 e. The van der Waals surface area contributed by atoms with Gasteiger partial charge in [0.1, 0.15) is 0 Å². The molecule has 0 aliphatic rings. The number of nitrogens with one attached hydrogen (secondary N) is 1. The number of hydrogen-bond donors (Lipinski definition) is 1. The normalized spacial score (nSPS) is 10.4. The van der Waals surface area contributed by atoms with Crippen LogP contribution in [0.15, 0.2) is 12.4 Å². The van der Waals surface area contributed by atoms with Crippen molar-refractivity contribution in [2.75, 3.05) is 7.11 Å². The second-order valence-corrected chi connectivity index (χ2v) is 3.42. The Morgan fingerprint density at radius 3 is 2.67 bits per heavy atom. The fraction of sp³-hybridized carbons (Fsp3) is 0.500. The van der Waals surface area contributed by atoms with Crippen molar-refractivity contribution in [3.63, 3.8) is 0 Å². The van der Waals surface area contributed by atoms with Gasteiger partial charge in [0.25, 0.3) is 0 Å². The first kappa shape index (κ1) is 11.6. The topological polar surface area (TPSA) is 64.1 Å². The molecule has 1 aromatic heterocycles. The predicted molar refractivity (Wildman–Crippen MR) is 55.3 cm³/mol. The zero-order valence-corrected chi connectivity index (χ0v) is 9.15. The maximum atomic E-state index is 11.1. The van der Waals surface area contributed by atoms with Gasteiger partial charge in [-0.3, -0.25) is 4.98 Å². The molecule has 5 nitrogen and oxygen atoms in total. The molecule has 5 heteroatoms. The fourth-order valence-electron chi connectivity index (χ4n) is 0.965. The average molecular weight is 209 g/mol. The minimum atomic E-state index is -0.467. The summed E-state index contributed by atoms with van der Waals surface area (Å²) in [6.45, 7) is 4.75. The lowest BCUT2D eigenvalue weighted by Crippen LogP contribution is -2.22. The van der Waals surface area contributed by atoms with Crippen molar-refractivity contribution >= 4 is 5.97 Å². The Morgan fingerprint density at radius 1 is 1.47 bits per heavy atom. The van der Waals surface area contributed by atoms with E-state index in [1.807, 2.05) is 0 Å². The van der Waals surface area contributed by atoms with Crippen LogP contribution in [0.2, 0.25) is 0 Å². The number of esters is 1. The van der Waals surface area contributed by atoms with E-state index in [0.29, 0.717) is 12.6 Å². The highest BCUT2D eigenvalue weighted by Crippen LogP contribution is 1.97. The van der Waals surface area contributed by atoms with Gasteiger partial charge in [0.2, 0.25) is 0 Å². The van der Waals surface area contributed by atoms with E-state index >= 15 is 0 Å². The summed E-state index contributed by atoms with van der Waals surface area (Å²) in [5.74, 6) is -0.467. The second-order valence-electron chi connectivity index (χ2n) is 3.42. The van der Waals surface area contributed by atoms with E-state index in [9.17, 15) is 4.79 Å². The molecular formula is C10H15N3O2. The Morgan fingerprint density at radius 2 is 2.20 bits per heavy atom. The van der Waals surface area contributed by atoms with Gasteiger partial charge in [-0.2, -0.15) is 0 Å². The molecule has 0 fully saturated rings. The predicted octanol–water partition coefficient (Wildman–Crippen LogP) is 0.761. The first-order valence-electron chi connectivity index (χ1n) is 4.76. The summed E-state index contributed by atoms with van der Waals surface area (Å²) in [6.07, 6.45) is 2.99. The Balaban J connectivity index is 2.60. The molecule has 0 saturated heterocycles. The number of aromatic nitrogens is 2. The SMILES string of the molecule is COC(=O)c1cnc(CNC(C)C)cn1. The van der Waals surface area contributed by atoms with Crippen LogP contribution in [-0.2, 0) is 11.3 Å². The molecule has 15 heavy (non-hydrogen) atoms. The quantitative estimate of drug-likeness (QED) is 0.742. The zero-order valence-electron chi connectivity index (χ0n) is 9.15. The third kappa shape index (κ3) is 3.63. The maximum Gasteiger partial charge on any atom is 0.358 e. The van der Waals surface area contributed by atoms with Crippen LogP contribution in [0.3, 0.4) is 0 Å². The van der Waals surface area contributed by atoms with Gasteiger partial charge < -0.3 is 10.1 Å². The highest BCUT2D eigenvalue weighted by molar-refractivity contribution is 5.86. The van der Waals surface area contributed by atoms with Crippen LogP contribution >= 0.6 is 0 Å². The number of methoxy groups -OCH3 is 1. The van der Waals surface area contributed by atoms with Gasteiger partial charge in [0.05, 0.1) is 25.2 Å². The maximum absolute atomic E-state index is 11.1. The van der Waals surface area contributed by atoms with Gasteiger partial charge in [-0.1, -0.05) is 13.8 Å². The molecule has 0 unspecified atom stereocenters. The third-order valence-electron chi connectivity index (χ3n) is 1.79. The summed E-state index contributed by atoms with van der Waals surface area (Å²) < 4.78 is 4.52. The van der Waals surface area contributed by atoms with Gasteiger partial charge >= 0.3 is 5.97 Å². The number of nitrogens with zero attached hydrogens (tertiary/aromatic N) is 2. The molecule has 0 amide bonds. The largest absolute Gasteiger partial charge is 0.464 e. The van der Waals surface area contributed by atoms with E-state index in [1.165, 1.54) is 13.3 Å². The molecule has 0 aliphatic carbocycles. The molecule has 0 radical (unpaired) electrons. The Labute approximate surface area is 88.9 Å². The fourth-order valence-corrected chi connectivity index (χ4v) is 0.965. The first-order valence-corrected chi connectivity index (χ1v) is 4.76. The van der Waals surface area contributed by atoms with Crippen LogP contribution < -0.4 is 5.32 Å². The third-order valence-corrected chi connectivity index (χ3v) is 1.79. The van der Waals surface area contributed by atoms with Crippen molar-refractivity contribution in [3.05, 3.63) is 23.8 Å². The average Bonchev–Trinajstić information content (AvgIpc) is 2.26. The number of ether oxygens (including phenoxy) is 1. The molecule has 0 saturated carbocycles. The molecule has 1 aromatic rings. The molecule has 82 valence electrons. The molecule has 0 bridgehead atoms. The highest BCUT2D eigenvalue weighted by atomic mass is 16.5. The van der Waals surface area contributed by atoms with Crippen molar-refractivity contribution in [1.29, 1.82) is 0 Å². The summed E-state index contributed by atoms with van der Waals surface area (Å²) >= 11 is 0. The lowest BCUT2D eigenvalue weighted by molar-refractivity contribution is 0.0593. The lowest BCUT2D eigenvalue weighted by atomic mass is 10.3. The van der Waals surface area contributed by atoms with E-state index in [1.54, 1.807) is 6.20 Å². The van der Waals surface area contributed by atoms with Gasteiger partial charge in [0, 0.05) is 12.6 Å². The standard InChI is InChI=1S/C10H15N3O2/c1-7(2)11-4-8-5-13-9(6-12-8)10(14)15-3/h5-7,11H,4H2,1-3H3. The number of carbonyl (C=O) groups excluding carboxylic acids is 1. The van der Waals surface area contributed by atoms with Gasteiger partial charge in [-0.05, 0) is 0 Å². The van der Waals surface area contributed by atoms with Crippen LogP contribution in [0, 0.1) is 0 Å². The molecular weight excluding hydrogens is 194 g/mol. The number of rotatable bonds is 4. The summed E-state index contributed by atoms with van der Waals surface area (Å²) in [4.78, 5) is 19.1. The molecule has 0 aromatic carbocycles. The van der Waals surface area contributed by atoms with Crippen molar-refractivity contribution < 1.29 is 9.53 Å². The Hall–Kier alpha value is -1.49. The lowest BCUT2D eigenvalue weighted by Gasteiger charge is -2.06. The zero-order chi connectivity index (χ0) is 11.3. The second kappa shape index (κ2) is 5.41. The summed E-state index contributed by atoms with van der Waals surface area (Å²) in [5.41, 5.74) is 1.03.